The van der Waals surface area contributed by atoms with Gasteiger partial charge in [0.15, 0.2) is 11.5 Å². The molecule has 0 bridgehead atoms. The van der Waals surface area contributed by atoms with E-state index < -0.39 is 38.3 Å². The highest BCUT2D eigenvalue weighted by atomic mass is 32.2. The maximum Gasteiger partial charge on any atom is 0.339 e. The molecule has 6 N–H and O–H groups in total. The second-order valence-corrected chi connectivity index (χ2v) is 11.4. The number of nitrogens with zero attached hydrogens (tertiary/aromatic N) is 2. The maximum atomic E-state index is 13.1. The smallest absolute Gasteiger partial charge is 0.339 e. The second-order valence-electron chi connectivity index (χ2n) is 10.0. The van der Waals surface area contributed by atoms with Crippen molar-refractivity contribution in [2.24, 2.45) is 10.2 Å². The van der Waals surface area contributed by atoms with E-state index in [1.807, 2.05) is 44.2 Å². The van der Waals surface area contributed by atoms with Crippen LogP contribution < -0.4 is 16.6 Å². The molecule has 0 radical (unpaired) electrons. The molecule has 0 fully saturated rings. The number of anilines is 3. The van der Waals surface area contributed by atoms with Crippen molar-refractivity contribution < 1.29 is 32.5 Å². The Morgan fingerprint density at radius 1 is 0.841 bits per heavy atom. The first-order valence-corrected chi connectivity index (χ1v) is 14.5. The Bertz CT molecular complexity index is 2040. The fraction of sp³-hybridized carbons (Fsp3) is 0.0645. The normalized spacial score (nSPS) is 16.4. The average Bonchev–Trinajstić information content (AvgIpc) is 2.96. The van der Waals surface area contributed by atoms with Crippen molar-refractivity contribution in [3.63, 3.8) is 0 Å². The van der Waals surface area contributed by atoms with Gasteiger partial charge in [0.25, 0.3) is 10.1 Å². The van der Waals surface area contributed by atoms with Crippen LogP contribution in [0.1, 0.15) is 27.0 Å². The summed E-state index contributed by atoms with van der Waals surface area (Å²) in [7, 11) is -4.76. The van der Waals surface area contributed by atoms with Crippen LogP contribution in [0.3, 0.4) is 0 Å². The van der Waals surface area contributed by atoms with E-state index in [0.717, 1.165) is 28.3 Å². The van der Waals surface area contributed by atoms with Gasteiger partial charge in [-0.1, -0.05) is 18.2 Å². The van der Waals surface area contributed by atoms with Crippen LogP contribution in [0.2, 0.25) is 0 Å². The Morgan fingerprint density at radius 3 is 2.02 bits per heavy atom. The zero-order valence-electron chi connectivity index (χ0n) is 23.3. The van der Waals surface area contributed by atoms with Gasteiger partial charge in [-0.25, -0.2) is 4.79 Å². The van der Waals surface area contributed by atoms with Crippen molar-refractivity contribution in [2.45, 2.75) is 13.8 Å². The summed E-state index contributed by atoms with van der Waals surface area (Å²) in [6.45, 7) is 3.68. The Balaban J connectivity index is 1.36. The molecular formula is C31H25N5O7S. The van der Waals surface area contributed by atoms with Gasteiger partial charge in [-0.05, 0) is 102 Å². The highest BCUT2D eigenvalue weighted by Gasteiger charge is 2.33. The number of nitrogens with two attached hydrogens (primary N) is 1. The number of hydrogen-bond acceptors (Lipinski definition) is 10. The SMILES string of the molecule is Cc1cc(-c2ccc(N/N=C3/C(=O)c4cc(N)ccc4C=C3S(=O)(=O)O)c(C)c2)ccc1N/N=C1/C=CC(=O)C(C(=O)O)=C1. The van der Waals surface area contributed by atoms with Crippen LogP contribution in [0.5, 0.6) is 0 Å². The zero-order chi connectivity index (χ0) is 31.8. The highest BCUT2D eigenvalue weighted by Crippen LogP contribution is 2.30. The number of carboxylic acid groups (broad SMARTS) is 1. The van der Waals surface area contributed by atoms with Gasteiger partial charge >= 0.3 is 5.97 Å². The number of allylic oxidation sites excluding steroid dienone is 4. The van der Waals surface area contributed by atoms with Crippen LogP contribution in [0, 0.1) is 13.8 Å². The first kappa shape index (κ1) is 29.8. The molecule has 0 saturated carbocycles. The van der Waals surface area contributed by atoms with Crippen LogP contribution in [-0.2, 0) is 19.7 Å². The average molecular weight is 612 g/mol. The summed E-state index contributed by atoms with van der Waals surface area (Å²) in [6.07, 6.45) is 4.95. The molecule has 0 spiro atoms. The van der Waals surface area contributed by atoms with Gasteiger partial charge in [-0.2, -0.15) is 18.6 Å². The number of fused-ring (bicyclic) bond motifs is 1. The van der Waals surface area contributed by atoms with Gasteiger partial charge in [-0.3, -0.25) is 25.0 Å². The molecule has 0 heterocycles. The number of aliphatic carboxylic acids is 1. The third kappa shape index (κ3) is 6.09. The number of carboxylic acids is 1. The Kier molecular flexibility index (Phi) is 7.83. The molecule has 0 amide bonds. The van der Waals surface area contributed by atoms with Crippen molar-refractivity contribution >= 4 is 62.2 Å². The number of nitrogen functional groups attached to an aromatic ring is 1. The fourth-order valence-corrected chi connectivity index (χ4v) is 5.24. The molecule has 12 nitrogen and oxygen atoms in total. The van der Waals surface area contributed by atoms with Gasteiger partial charge < -0.3 is 10.8 Å². The van der Waals surface area contributed by atoms with E-state index in [9.17, 15) is 27.4 Å². The number of Topliss-reactive ketones (excluding diaryl/α,β-unsaturated/α-hetero) is 1. The molecule has 44 heavy (non-hydrogen) atoms. The number of aryl methyl sites for hydroxylation is 2. The second kappa shape index (κ2) is 11.6. The quantitative estimate of drug-likeness (QED) is 0.0840. The minimum absolute atomic E-state index is 0.163. The van der Waals surface area contributed by atoms with E-state index in [2.05, 4.69) is 21.1 Å². The van der Waals surface area contributed by atoms with Gasteiger partial charge in [0, 0.05) is 11.3 Å². The molecule has 5 rings (SSSR count). The van der Waals surface area contributed by atoms with Crippen LogP contribution >= 0.6 is 0 Å². The fourth-order valence-electron chi connectivity index (χ4n) is 4.58. The number of hydrogen-bond donors (Lipinski definition) is 5. The lowest BCUT2D eigenvalue weighted by Gasteiger charge is -2.17. The molecule has 3 aromatic rings. The molecular weight excluding hydrogens is 586 g/mol. The van der Waals surface area contributed by atoms with Crippen molar-refractivity contribution in [3.05, 3.63) is 106 Å². The number of benzene rings is 3. The lowest BCUT2D eigenvalue weighted by atomic mass is 9.94. The summed E-state index contributed by atoms with van der Waals surface area (Å²) in [5, 5.41) is 17.4. The first-order chi connectivity index (χ1) is 20.8. The Labute approximate surface area is 251 Å². The predicted molar refractivity (Wildman–Crippen MR) is 168 cm³/mol. The number of hydrazone groups is 2. The molecule has 13 heteroatoms. The van der Waals surface area contributed by atoms with Crippen LogP contribution in [0.25, 0.3) is 17.2 Å². The number of rotatable bonds is 7. The summed E-state index contributed by atoms with van der Waals surface area (Å²) in [5.41, 5.74) is 16.2. The molecule has 0 aliphatic heterocycles. The summed E-state index contributed by atoms with van der Waals surface area (Å²) in [6, 6.07) is 15.4. The number of ketones is 2. The molecule has 2 aliphatic carbocycles. The van der Waals surface area contributed by atoms with E-state index in [-0.39, 0.29) is 16.8 Å². The van der Waals surface area contributed by atoms with Crippen molar-refractivity contribution in [1.82, 2.24) is 0 Å². The van der Waals surface area contributed by atoms with Crippen LogP contribution in [0.4, 0.5) is 17.1 Å². The van der Waals surface area contributed by atoms with Gasteiger partial charge in [0.05, 0.1) is 17.1 Å². The maximum absolute atomic E-state index is 13.1. The number of nitrogens with one attached hydrogen (secondary N) is 2. The molecule has 0 aromatic heterocycles. The number of carbonyl (C=O) groups excluding carboxylic acids is 2. The van der Waals surface area contributed by atoms with E-state index in [0.29, 0.717) is 22.6 Å². The minimum atomic E-state index is -4.76. The molecule has 0 unspecified atom stereocenters. The first-order valence-electron chi connectivity index (χ1n) is 13.0. The van der Waals surface area contributed by atoms with Crippen LogP contribution in [0.15, 0.2) is 93.5 Å². The lowest BCUT2D eigenvalue weighted by Crippen LogP contribution is -2.27. The van der Waals surface area contributed by atoms with Crippen molar-refractivity contribution in [1.29, 1.82) is 0 Å². The zero-order valence-corrected chi connectivity index (χ0v) is 24.1. The van der Waals surface area contributed by atoms with E-state index in [1.54, 1.807) is 6.07 Å². The third-order valence-corrected chi connectivity index (χ3v) is 7.78. The lowest BCUT2D eigenvalue weighted by molar-refractivity contribution is -0.134. The van der Waals surface area contributed by atoms with E-state index in [4.69, 9.17) is 10.8 Å². The number of carbonyl (C=O) groups is 3. The molecule has 0 saturated heterocycles. The Morgan fingerprint density at radius 2 is 1.45 bits per heavy atom. The molecule has 3 aromatic carbocycles. The third-order valence-electron chi connectivity index (χ3n) is 6.91. The topological polar surface area (TPSA) is 201 Å². The molecule has 222 valence electrons. The van der Waals surface area contributed by atoms with Gasteiger partial charge in [0.1, 0.15) is 10.5 Å². The van der Waals surface area contributed by atoms with E-state index in [1.165, 1.54) is 36.4 Å². The summed E-state index contributed by atoms with van der Waals surface area (Å²) in [5.74, 6) is -2.63. The molecule has 2 aliphatic rings. The summed E-state index contributed by atoms with van der Waals surface area (Å²) in [4.78, 5) is 35.4. The molecule has 0 atom stereocenters. The predicted octanol–water partition coefficient (Wildman–Crippen LogP) is 4.36. The highest BCUT2D eigenvalue weighted by molar-refractivity contribution is 7.91. The monoisotopic (exact) mass is 611 g/mol. The van der Waals surface area contributed by atoms with E-state index >= 15 is 0 Å². The standard InChI is InChI=1S/C31H25N5O7S/c1-16-11-18(4-8-25(16)34-33-22-7-10-27(37)24(15-22)31(39)40)19-5-9-26(17(2)12-19)35-36-29-28(44(41,42)43)13-20-3-6-21(32)14-23(20)30(29)38/h3-15,34-35H,32H2,1-2H3,(H,39,40)(H,41,42,43)/b33-22-,36-29+. The summed E-state index contributed by atoms with van der Waals surface area (Å²) < 4.78 is 33.9. The Hall–Kier alpha value is -5.66. The van der Waals surface area contributed by atoms with Crippen LogP contribution in [-0.4, -0.2) is 47.0 Å². The van der Waals surface area contributed by atoms with Gasteiger partial charge in [0.2, 0.25) is 5.78 Å². The van der Waals surface area contributed by atoms with Crippen molar-refractivity contribution in [2.75, 3.05) is 16.6 Å². The van der Waals surface area contributed by atoms with Crippen molar-refractivity contribution in [3.8, 4) is 11.1 Å². The largest absolute Gasteiger partial charge is 0.478 e. The van der Waals surface area contributed by atoms with Gasteiger partial charge in [-0.15, -0.1) is 0 Å². The minimum Gasteiger partial charge on any atom is -0.478 e. The summed E-state index contributed by atoms with van der Waals surface area (Å²) >= 11 is 0.